The van der Waals surface area contributed by atoms with Crippen LogP contribution in [0.2, 0.25) is 5.02 Å². The van der Waals surface area contributed by atoms with Crippen molar-refractivity contribution in [2.45, 2.75) is 39.0 Å². The summed E-state index contributed by atoms with van der Waals surface area (Å²) in [6, 6.07) is 3.47. The third-order valence-corrected chi connectivity index (χ3v) is 6.20. The van der Waals surface area contributed by atoms with E-state index >= 15 is 0 Å². The summed E-state index contributed by atoms with van der Waals surface area (Å²) < 4.78 is 27.8. The van der Waals surface area contributed by atoms with Gasteiger partial charge < -0.3 is 0 Å². The Morgan fingerprint density at radius 1 is 1.30 bits per heavy atom. The molecule has 112 valence electrons. The maximum atomic E-state index is 12.2. The van der Waals surface area contributed by atoms with Gasteiger partial charge in [-0.05, 0) is 59.3 Å². The van der Waals surface area contributed by atoms with Gasteiger partial charge >= 0.3 is 0 Å². The van der Waals surface area contributed by atoms with Crippen molar-refractivity contribution in [2.24, 2.45) is 5.92 Å². The van der Waals surface area contributed by atoms with E-state index in [9.17, 15) is 8.42 Å². The van der Waals surface area contributed by atoms with Crippen LogP contribution in [0.4, 0.5) is 5.69 Å². The summed E-state index contributed by atoms with van der Waals surface area (Å²) >= 11 is 9.42. The van der Waals surface area contributed by atoms with Gasteiger partial charge in [-0.2, -0.15) is 0 Å². The molecule has 3 nitrogen and oxygen atoms in total. The van der Waals surface area contributed by atoms with Crippen molar-refractivity contribution in [3.05, 3.63) is 27.2 Å². The number of benzene rings is 1. The Morgan fingerprint density at radius 2 is 1.95 bits per heavy atom. The Hall–Kier alpha value is -0.260. The van der Waals surface area contributed by atoms with Gasteiger partial charge in [0.15, 0.2) is 0 Å². The molecule has 0 atom stereocenters. The van der Waals surface area contributed by atoms with Gasteiger partial charge in [0, 0.05) is 9.50 Å². The number of anilines is 1. The summed E-state index contributed by atoms with van der Waals surface area (Å²) in [7, 11) is -3.33. The number of hydrogen-bond donors (Lipinski definition) is 1. The lowest BCUT2D eigenvalue weighted by Gasteiger charge is -2.22. The standard InChI is InChI=1S/C14H19BrClNO2S/c1-10-7-12(15)14(8-13(10)16)17-20(18,19)9-11-5-3-2-4-6-11/h7-8,11,17H,2-6,9H2,1H3. The molecule has 0 aromatic heterocycles. The Kier molecular flexibility index (Phi) is 5.37. The van der Waals surface area contributed by atoms with Gasteiger partial charge in [0.25, 0.3) is 0 Å². The molecule has 1 aromatic carbocycles. The van der Waals surface area contributed by atoms with Gasteiger partial charge in [-0.3, -0.25) is 4.72 Å². The molecule has 20 heavy (non-hydrogen) atoms. The van der Waals surface area contributed by atoms with Gasteiger partial charge in [-0.25, -0.2) is 8.42 Å². The molecule has 0 aliphatic heterocycles. The molecular weight excluding hydrogens is 362 g/mol. The Morgan fingerprint density at radius 3 is 2.60 bits per heavy atom. The molecule has 1 aliphatic rings. The summed E-state index contributed by atoms with van der Waals surface area (Å²) in [6.07, 6.45) is 5.52. The van der Waals surface area contributed by atoms with Gasteiger partial charge in [-0.15, -0.1) is 0 Å². The quantitative estimate of drug-likeness (QED) is 0.820. The second-order valence-corrected chi connectivity index (χ2v) is 8.50. The summed E-state index contributed by atoms with van der Waals surface area (Å²) in [5, 5.41) is 0.559. The molecule has 0 amide bonds. The number of aryl methyl sites for hydroxylation is 1. The fourth-order valence-corrected chi connectivity index (χ4v) is 4.99. The van der Waals surface area contributed by atoms with Crippen molar-refractivity contribution in [2.75, 3.05) is 10.5 Å². The molecule has 2 rings (SSSR count). The van der Waals surface area contributed by atoms with Crippen LogP contribution < -0.4 is 4.72 Å². The van der Waals surface area contributed by atoms with Crippen LogP contribution >= 0.6 is 27.5 Å². The van der Waals surface area contributed by atoms with Crippen LogP contribution in [0.3, 0.4) is 0 Å². The molecule has 0 bridgehead atoms. The maximum Gasteiger partial charge on any atom is 0.233 e. The average Bonchev–Trinajstić information content (AvgIpc) is 2.36. The fourth-order valence-electron chi connectivity index (χ4n) is 2.60. The van der Waals surface area contributed by atoms with Crippen molar-refractivity contribution < 1.29 is 8.42 Å². The molecular formula is C14H19BrClNO2S. The van der Waals surface area contributed by atoms with E-state index in [1.165, 1.54) is 6.42 Å². The average molecular weight is 381 g/mol. The van der Waals surface area contributed by atoms with E-state index in [-0.39, 0.29) is 11.7 Å². The van der Waals surface area contributed by atoms with E-state index < -0.39 is 10.0 Å². The van der Waals surface area contributed by atoms with E-state index in [4.69, 9.17) is 11.6 Å². The molecule has 0 saturated heterocycles. The minimum absolute atomic E-state index is 0.199. The number of rotatable bonds is 4. The van der Waals surface area contributed by atoms with Crippen molar-refractivity contribution in [3.8, 4) is 0 Å². The van der Waals surface area contributed by atoms with E-state index in [0.29, 0.717) is 15.2 Å². The molecule has 0 spiro atoms. The number of sulfonamides is 1. The topological polar surface area (TPSA) is 46.2 Å². The van der Waals surface area contributed by atoms with Crippen LogP contribution in [-0.4, -0.2) is 14.2 Å². The third-order valence-electron chi connectivity index (χ3n) is 3.69. The summed E-state index contributed by atoms with van der Waals surface area (Å²) in [4.78, 5) is 0. The summed E-state index contributed by atoms with van der Waals surface area (Å²) in [5.41, 5.74) is 1.42. The zero-order valence-corrected chi connectivity index (χ0v) is 14.6. The van der Waals surface area contributed by atoms with Crippen LogP contribution in [0.5, 0.6) is 0 Å². The third kappa shape index (κ3) is 4.37. The SMILES string of the molecule is Cc1cc(Br)c(NS(=O)(=O)CC2CCCCC2)cc1Cl. The van der Waals surface area contributed by atoms with Crippen molar-refractivity contribution in [1.82, 2.24) is 0 Å². The number of hydrogen-bond acceptors (Lipinski definition) is 2. The van der Waals surface area contributed by atoms with E-state index in [0.717, 1.165) is 31.2 Å². The van der Waals surface area contributed by atoms with Crippen molar-refractivity contribution in [3.63, 3.8) is 0 Å². The zero-order chi connectivity index (χ0) is 14.8. The summed E-state index contributed by atoms with van der Waals surface area (Å²) in [6.45, 7) is 1.88. The van der Waals surface area contributed by atoms with Gasteiger partial charge in [0.1, 0.15) is 0 Å². The highest BCUT2D eigenvalue weighted by atomic mass is 79.9. The first-order valence-corrected chi connectivity index (χ1v) is 9.66. The largest absolute Gasteiger partial charge is 0.282 e. The smallest absolute Gasteiger partial charge is 0.233 e. The predicted molar refractivity (Wildman–Crippen MR) is 87.9 cm³/mol. The van der Waals surface area contributed by atoms with Crippen LogP contribution in [0.1, 0.15) is 37.7 Å². The van der Waals surface area contributed by atoms with Crippen molar-refractivity contribution >= 4 is 43.2 Å². The lowest BCUT2D eigenvalue weighted by atomic mass is 9.91. The van der Waals surface area contributed by atoms with Gasteiger partial charge in [0.2, 0.25) is 10.0 Å². The van der Waals surface area contributed by atoms with Crippen LogP contribution in [0.25, 0.3) is 0 Å². The minimum atomic E-state index is -3.33. The zero-order valence-electron chi connectivity index (χ0n) is 11.5. The highest BCUT2D eigenvalue weighted by Gasteiger charge is 2.22. The molecule has 0 radical (unpaired) electrons. The molecule has 0 heterocycles. The molecule has 0 unspecified atom stereocenters. The minimum Gasteiger partial charge on any atom is -0.282 e. The molecule has 1 saturated carbocycles. The first kappa shape index (κ1) is 16.1. The molecule has 1 N–H and O–H groups in total. The highest BCUT2D eigenvalue weighted by Crippen LogP contribution is 2.31. The molecule has 1 aliphatic carbocycles. The van der Waals surface area contributed by atoms with Gasteiger partial charge in [0.05, 0.1) is 11.4 Å². The lowest BCUT2D eigenvalue weighted by Crippen LogP contribution is -2.24. The van der Waals surface area contributed by atoms with Crippen molar-refractivity contribution in [1.29, 1.82) is 0 Å². The Balaban J connectivity index is 2.09. The summed E-state index contributed by atoms with van der Waals surface area (Å²) in [5.74, 6) is 0.478. The first-order chi connectivity index (χ1) is 9.37. The second-order valence-electron chi connectivity index (χ2n) is 5.47. The Labute approximate surface area is 134 Å². The van der Waals surface area contributed by atoms with E-state index in [1.807, 2.05) is 13.0 Å². The van der Waals surface area contributed by atoms with Crippen LogP contribution in [0, 0.1) is 12.8 Å². The predicted octanol–water partition coefficient (Wildman–Crippen LogP) is 4.73. The second kappa shape index (κ2) is 6.67. The Bertz CT molecular complexity index is 583. The number of nitrogens with one attached hydrogen (secondary N) is 1. The lowest BCUT2D eigenvalue weighted by molar-refractivity contribution is 0.385. The fraction of sp³-hybridized carbons (Fsp3) is 0.571. The first-order valence-electron chi connectivity index (χ1n) is 6.83. The number of halogens is 2. The van der Waals surface area contributed by atoms with Gasteiger partial charge in [-0.1, -0.05) is 30.9 Å². The van der Waals surface area contributed by atoms with Crippen LogP contribution in [0.15, 0.2) is 16.6 Å². The maximum absolute atomic E-state index is 12.2. The molecule has 1 aromatic rings. The van der Waals surface area contributed by atoms with E-state index in [2.05, 4.69) is 20.7 Å². The van der Waals surface area contributed by atoms with Crippen LogP contribution in [-0.2, 0) is 10.0 Å². The molecule has 1 fully saturated rings. The van der Waals surface area contributed by atoms with E-state index in [1.54, 1.807) is 6.07 Å². The monoisotopic (exact) mass is 379 g/mol. The molecule has 6 heteroatoms. The highest BCUT2D eigenvalue weighted by molar-refractivity contribution is 9.10. The normalized spacial score (nSPS) is 17.1.